The van der Waals surface area contributed by atoms with E-state index in [2.05, 4.69) is 0 Å². The average molecular weight is 406 g/mol. The molecule has 1 aliphatic carbocycles. The van der Waals surface area contributed by atoms with Gasteiger partial charge >= 0.3 is 6.09 Å². The SMILES string of the molecule is N=C(N)NC(=O)OCc1cccc(COCC2CCN(C(=O)C3CC3)CC2)c1F. The topological polar surface area (TPSA) is 118 Å². The lowest BCUT2D eigenvalue weighted by molar-refractivity contribution is -0.134. The first-order chi connectivity index (χ1) is 13.9. The van der Waals surface area contributed by atoms with E-state index in [4.69, 9.17) is 20.6 Å². The van der Waals surface area contributed by atoms with Crippen LogP contribution in [0.1, 0.15) is 36.8 Å². The third-order valence-corrected chi connectivity index (χ3v) is 5.22. The van der Waals surface area contributed by atoms with Gasteiger partial charge in [0.15, 0.2) is 5.96 Å². The molecule has 3 rings (SSSR count). The van der Waals surface area contributed by atoms with Crippen molar-refractivity contribution >= 4 is 18.0 Å². The highest BCUT2D eigenvalue weighted by Crippen LogP contribution is 2.32. The number of hydrogen-bond acceptors (Lipinski definition) is 5. The van der Waals surface area contributed by atoms with Gasteiger partial charge in [-0.15, -0.1) is 0 Å². The van der Waals surface area contributed by atoms with Crippen LogP contribution in [-0.4, -0.2) is 42.6 Å². The fraction of sp³-hybridized carbons (Fsp3) is 0.550. The van der Waals surface area contributed by atoms with E-state index in [0.29, 0.717) is 24.0 Å². The summed E-state index contributed by atoms with van der Waals surface area (Å²) in [6.07, 6.45) is 2.95. The molecule has 0 unspecified atom stereocenters. The average Bonchev–Trinajstić information content (AvgIpc) is 3.53. The van der Waals surface area contributed by atoms with E-state index < -0.39 is 17.9 Å². The second-order valence-electron chi connectivity index (χ2n) is 7.56. The normalized spacial score (nSPS) is 17.1. The molecule has 1 aromatic carbocycles. The predicted molar refractivity (Wildman–Crippen MR) is 103 cm³/mol. The molecule has 2 aliphatic rings. The monoisotopic (exact) mass is 406 g/mol. The van der Waals surface area contributed by atoms with E-state index in [9.17, 15) is 14.0 Å². The summed E-state index contributed by atoms with van der Waals surface area (Å²) in [5, 5.41) is 8.92. The van der Waals surface area contributed by atoms with Gasteiger partial charge in [0.2, 0.25) is 5.91 Å². The molecule has 0 aromatic heterocycles. The van der Waals surface area contributed by atoms with E-state index >= 15 is 0 Å². The number of nitrogens with one attached hydrogen (secondary N) is 2. The molecule has 8 nitrogen and oxygen atoms in total. The predicted octanol–water partition coefficient (Wildman–Crippen LogP) is 2.11. The van der Waals surface area contributed by atoms with Crippen molar-refractivity contribution in [1.29, 1.82) is 5.41 Å². The third kappa shape index (κ3) is 6.15. The van der Waals surface area contributed by atoms with Crippen LogP contribution in [0, 0.1) is 23.1 Å². The Morgan fingerprint density at radius 1 is 1.17 bits per heavy atom. The van der Waals surface area contributed by atoms with Crippen molar-refractivity contribution in [2.75, 3.05) is 19.7 Å². The molecule has 0 spiro atoms. The molecule has 1 saturated heterocycles. The van der Waals surface area contributed by atoms with E-state index in [1.54, 1.807) is 12.1 Å². The molecule has 1 aliphatic heterocycles. The zero-order valence-corrected chi connectivity index (χ0v) is 16.3. The maximum atomic E-state index is 14.6. The summed E-state index contributed by atoms with van der Waals surface area (Å²) >= 11 is 0. The fourth-order valence-electron chi connectivity index (χ4n) is 3.39. The lowest BCUT2D eigenvalue weighted by atomic mass is 9.97. The summed E-state index contributed by atoms with van der Waals surface area (Å²) < 4.78 is 25.1. The lowest BCUT2D eigenvalue weighted by Crippen LogP contribution is -2.40. The van der Waals surface area contributed by atoms with E-state index in [1.807, 2.05) is 10.2 Å². The third-order valence-electron chi connectivity index (χ3n) is 5.22. The minimum atomic E-state index is -0.912. The van der Waals surface area contributed by atoms with Crippen LogP contribution in [-0.2, 0) is 27.5 Å². The summed E-state index contributed by atoms with van der Waals surface area (Å²) in [5.74, 6) is -0.102. The number of halogens is 1. The van der Waals surface area contributed by atoms with Crippen molar-refractivity contribution in [3.8, 4) is 0 Å². The lowest BCUT2D eigenvalue weighted by Gasteiger charge is -2.32. The van der Waals surface area contributed by atoms with Crippen molar-refractivity contribution < 1.29 is 23.5 Å². The van der Waals surface area contributed by atoms with Gasteiger partial charge in [-0.1, -0.05) is 18.2 Å². The molecule has 2 fully saturated rings. The number of ether oxygens (including phenoxy) is 2. The Bertz CT molecular complexity index is 761. The van der Waals surface area contributed by atoms with Crippen molar-refractivity contribution in [3.05, 3.63) is 35.1 Å². The first-order valence-corrected chi connectivity index (χ1v) is 9.84. The maximum Gasteiger partial charge on any atom is 0.414 e. The first kappa shape index (κ1) is 21.0. The van der Waals surface area contributed by atoms with Gasteiger partial charge in [0.1, 0.15) is 12.4 Å². The number of piperidine rings is 1. The molecule has 9 heteroatoms. The van der Waals surface area contributed by atoms with Gasteiger partial charge in [0, 0.05) is 36.7 Å². The number of nitrogens with zero attached hydrogens (tertiary/aromatic N) is 1. The number of amides is 2. The molecule has 2 amide bonds. The van der Waals surface area contributed by atoms with Gasteiger partial charge in [-0.2, -0.15) is 0 Å². The number of nitrogens with two attached hydrogens (primary N) is 1. The molecule has 29 heavy (non-hydrogen) atoms. The van der Waals surface area contributed by atoms with Crippen LogP contribution in [0.4, 0.5) is 9.18 Å². The van der Waals surface area contributed by atoms with Crippen molar-refractivity contribution in [2.45, 2.75) is 38.9 Å². The standard InChI is InChI=1S/C20H27FN4O4/c21-17-15(2-1-3-16(17)12-29-20(27)24-19(22)23)11-28-10-13-6-8-25(9-7-13)18(26)14-4-5-14/h1-3,13-14H,4-12H2,(H4,22,23,24,27). The van der Waals surface area contributed by atoms with Gasteiger partial charge < -0.3 is 20.1 Å². The number of guanidine groups is 1. The summed E-state index contributed by atoms with van der Waals surface area (Å²) in [4.78, 5) is 25.4. The Hall–Kier alpha value is -2.68. The van der Waals surface area contributed by atoms with Crippen LogP contribution in [0.25, 0.3) is 0 Å². The van der Waals surface area contributed by atoms with Crippen LogP contribution in [0.2, 0.25) is 0 Å². The van der Waals surface area contributed by atoms with Crippen LogP contribution < -0.4 is 11.1 Å². The summed E-state index contributed by atoms with van der Waals surface area (Å²) in [5.41, 5.74) is 5.64. The minimum Gasteiger partial charge on any atom is -0.444 e. The molecule has 1 heterocycles. The van der Waals surface area contributed by atoms with E-state index in [0.717, 1.165) is 38.8 Å². The smallest absolute Gasteiger partial charge is 0.414 e. The largest absolute Gasteiger partial charge is 0.444 e. The molecular weight excluding hydrogens is 379 g/mol. The van der Waals surface area contributed by atoms with Crippen LogP contribution in [0.3, 0.4) is 0 Å². The quantitative estimate of drug-likeness (QED) is 0.473. The Morgan fingerprint density at radius 2 is 1.83 bits per heavy atom. The maximum absolute atomic E-state index is 14.6. The number of alkyl carbamates (subject to hydrolysis) is 1. The highest BCUT2D eigenvalue weighted by molar-refractivity contribution is 5.90. The second-order valence-corrected chi connectivity index (χ2v) is 7.56. The first-order valence-electron chi connectivity index (χ1n) is 9.84. The number of carbonyl (C=O) groups excluding carboxylic acids is 2. The zero-order chi connectivity index (χ0) is 20.8. The summed E-state index contributed by atoms with van der Waals surface area (Å²) in [7, 11) is 0. The van der Waals surface area contributed by atoms with E-state index in [-0.39, 0.29) is 24.7 Å². The fourth-order valence-corrected chi connectivity index (χ4v) is 3.39. The Labute approximate surface area is 169 Å². The van der Waals surface area contributed by atoms with Crippen LogP contribution in [0.15, 0.2) is 18.2 Å². The molecule has 0 radical (unpaired) electrons. The van der Waals surface area contributed by atoms with Gasteiger partial charge in [0.05, 0.1) is 6.61 Å². The highest BCUT2D eigenvalue weighted by atomic mass is 19.1. The Kier molecular flexibility index (Phi) is 7.03. The summed E-state index contributed by atoms with van der Waals surface area (Å²) in [6.45, 7) is 1.92. The molecule has 4 N–H and O–H groups in total. The zero-order valence-electron chi connectivity index (χ0n) is 16.3. The van der Waals surface area contributed by atoms with Crippen molar-refractivity contribution in [3.63, 3.8) is 0 Å². The van der Waals surface area contributed by atoms with Gasteiger partial charge in [0.25, 0.3) is 0 Å². The van der Waals surface area contributed by atoms with Crippen molar-refractivity contribution in [2.24, 2.45) is 17.6 Å². The number of benzene rings is 1. The van der Waals surface area contributed by atoms with Crippen LogP contribution >= 0.6 is 0 Å². The summed E-state index contributed by atoms with van der Waals surface area (Å²) in [6, 6.07) is 4.82. The number of carbonyl (C=O) groups is 2. The minimum absolute atomic E-state index is 0.126. The van der Waals surface area contributed by atoms with Gasteiger partial charge in [-0.05, 0) is 31.6 Å². The van der Waals surface area contributed by atoms with Gasteiger partial charge in [-0.3, -0.25) is 15.5 Å². The highest BCUT2D eigenvalue weighted by Gasteiger charge is 2.34. The molecule has 0 atom stereocenters. The Morgan fingerprint density at radius 3 is 2.45 bits per heavy atom. The Balaban J connectivity index is 1.41. The second kappa shape index (κ2) is 9.69. The van der Waals surface area contributed by atoms with Gasteiger partial charge in [-0.25, -0.2) is 9.18 Å². The number of rotatable bonds is 7. The molecule has 0 bridgehead atoms. The molecule has 1 aromatic rings. The van der Waals surface area contributed by atoms with Crippen molar-refractivity contribution in [1.82, 2.24) is 10.2 Å². The number of hydrogen-bond donors (Lipinski definition) is 3. The number of likely N-dealkylation sites (tertiary alicyclic amines) is 1. The van der Waals surface area contributed by atoms with E-state index in [1.165, 1.54) is 6.07 Å². The molecular formula is C20H27FN4O4. The molecule has 1 saturated carbocycles. The molecule has 158 valence electrons. The van der Waals surface area contributed by atoms with Crippen LogP contribution in [0.5, 0.6) is 0 Å².